The minimum Gasteiger partial charge on any atom is -0.302 e. The van der Waals surface area contributed by atoms with E-state index in [9.17, 15) is 4.79 Å². The van der Waals surface area contributed by atoms with Gasteiger partial charge in [-0.25, -0.2) is 14.5 Å². The molecule has 0 saturated carbocycles. The molecule has 5 nitrogen and oxygen atoms in total. The predicted molar refractivity (Wildman–Crippen MR) is 103 cm³/mol. The zero-order valence-corrected chi connectivity index (χ0v) is 14.8. The number of aromatic nitrogens is 3. The highest BCUT2D eigenvalue weighted by atomic mass is 16.1. The van der Waals surface area contributed by atoms with Gasteiger partial charge in [-0.3, -0.25) is 0 Å². The molecule has 134 valence electrons. The molecule has 1 saturated heterocycles. The van der Waals surface area contributed by atoms with Gasteiger partial charge >= 0.3 is 5.69 Å². The minimum absolute atomic E-state index is 0.160. The van der Waals surface area contributed by atoms with Crippen LogP contribution in [0, 0.1) is 0 Å². The molecule has 1 aliphatic rings. The first kappa shape index (κ1) is 16.8. The molecule has 1 N–H and O–H groups in total. The molecule has 0 spiro atoms. The third-order valence-electron chi connectivity index (χ3n) is 5.14. The first-order valence-corrected chi connectivity index (χ1v) is 9.30. The average molecular weight is 348 g/mol. The lowest BCUT2D eigenvalue weighted by molar-refractivity contribution is 0.205. The Balaban J connectivity index is 1.49. The lowest BCUT2D eigenvalue weighted by Gasteiger charge is -2.32. The first-order chi connectivity index (χ1) is 12.8. The molecule has 1 fully saturated rings. The lowest BCUT2D eigenvalue weighted by Crippen LogP contribution is -2.37. The molecule has 0 aliphatic carbocycles. The number of benzene rings is 2. The van der Waals surface area contributed by atoms with Crippen molar-refractivity contribution in [3.05, 3.63) is 82.5 Å². The van der Waals surface area contributed by atoms with E-state index in [4.69, 9.17) is 0 Å². The molecule has 4 rings (SSSR count). The number of hydrogen-bond acceptors (Lipinski definition) is 3. The predicted octanol–water partition coefficient (Wildman–Crippen LogP) is 2.98. The molecular weight excluding hydrogens is 324 g/mol. The SMILES string of the molecule is O=c1[nH]nc([C@@H]2CCCN(CCc3ccccc3)C2)n1-c1ccccc1. The molecule has 1 aliphatic heterocycles. The zero-order chi connectivity index (χ0) is 17.8. The summed E-state index contributed by atoms with van der Waals surface area (Å²) < 4.78 is 1.73. The number of para-hydroxylation sites is 1. The van der Waals surface area contributed by atoms with E-state index >= 15 is 0 Å². The maximum absolute atomic E-state index is 12.3. The summed E-state index contributed by atoms with van der Waals surface area (Å²) in [5, 5.41) is 7.01. The molecular formula is C21H24N4O. The van der Waals surface area contributed by atoms with Crippen molar-refractivity contribution in [3.63, 3.8) is 0 Å². The topological polar surface area (TPSA) is 53.9 Å². The Labute approximate surface area is 153 Å². The Morgan fingerprint density at radius 2 is 1.77 bits per heavy atom. The minimum atomic E-state index is -0.160. The lowest BCUT2D eigenvalue weighted by atomic mass is 9.96. The molecule has 1 atom stereocenters. The van der Waals surface area contributed by atoms with E-state index in [1.807, 2.05) is 30.3 Å². The molecule has 3 aromatic rings. The van der Waals surface area contributed by atoms with Crippen LogP contribution in [-0.2, 0) is 6.42 Å². The molecule has 0 amide bonds. The summed E-state index contributed by atoms with van der Waals surface area (Å²) in [5.74, 6) is 1.13. The molecule has 2 heterocycles. The normalized spacial score (nSPS) is 18.1. The van der Waals surface area contributed by atoms with Gasteiger partial charge in [0.15, 0.2) is 0 Å². The van der Waals surface area contributed by atoms with E-state index in [0.717, 1.165) is 50.4 Å². The second-order valence-electron chi connectivity index (χ2n) is 6.93. The van der Waals surface area contributed by atoms with E-state index in [1.54, 1.807) is 4.57 Å². The summed E-state index contributed by atoms with van der Waals surface area (Å²) in [6, 6.07) is 20.4. The Hall–Kier alpha value is -2.66. The summed E-state index contributed by atoms with van der Waals surface area (Å²) in [4.78, 5) is 14.8. The number of nitrogens with one attached hydrogen (secondary N) is 1. The number of likely N-dealkylation sites (tertiary alicyclic amines) is 1. The summed E-state index contributed by atoms with van der Waals surface area (Å²) in [6.07, 6.45) is 3.26. The monoisotopic (exact) mass is 348 g/mol. The first-order valence-electron chi connectivity index (χ1n) is 9.30. The third kappa shape index (κ3) is 3.63. The van der Waals surface area contributed by atoms with Gasteiger partial charge in [0.25, 0.3) is 0 Å². The molecule has 2 aromatic carbocycles. The molecule has 26 heavy (non-hydrogen) atoms. The fraction of sp³-hybridized carbons (Fsp3) is 0.333. The molecule has 0 radical (unpaired) electrons. The quantitative estimate of drug-likeness (QED) is 0.771. The van der Waals surface area contributed by atoms with E-state index in [0.29, 0.717) is 0 Å². The zero-order valence-electron chi connectivity index (χ0n) is 14.8. The molecule has 0 bridgehead atoms. The van der Waals surface area contributed by atoms with Crippen molar-refractivity contribution in [3.8, 4) is 5.69 Å². The molecule has 5 heteroatoms. The average Bonchev–Trinajstić information content (AvgIpc) is 3.09. The van der Waals surface area contributed by atoms with Crippen LogP contribution in [0.25, 0.3) is 5.69 Å². The van der Waals surface area contributed by atoms with E-state index in [-0.39, 0.29) is 11.6 Å². The van der Waals surface area contributed by atoms with Crippen molar-refractivity contribution in [1.29, 1.82) is 0 Å². The van der Waals surface area contributed by atoms with E-state index < -0.39 is 0 Å². The van der Waals surface area contributed by atoms with Crippen molar-refractivity contribution < 1.29 is 0 Å². The molecule has 1 aromatic heterocycles. The fourth-order valence-electron chi connectivity index (χ4n) is 3.81. The highest BCUT2D eigenvalue weighted by Crippen LogP contribution is 2.26. The Morgan fingerprint density at radius 1 is 1.04 bits per heavy atom. The summed E-state index contributed by atoms with van der Waals surface area (Å²) in [7, 11) is 0. The summed E-state index contributed by atoms with van der Waals surface area (Å²) >= 11 is 0. The second kappa shape index (κ2) is 7.70. The highest BCUT2D eigenvalue weighted by molar-refractivity contribution is 5.32. The Bertz CT molecular complexity index is 885. The van der Waals surface area contributed by atoms with Gasteiger partial charge in [0.2, 0.25) is 0 Å². The van der Waals surface area contributed by atoms with Gasteiger partial charge < -0.3 is 4.90 Å². The highest BCUT2D eigenvalue weighted by Gasteiger charge is 2.26. The maximum Gasteiger partial charge on any atom is 0.347 e. The Morgan fingerprint density at radius 3 is 2.54 bits per heavy atom. The van der Waals surface area contributed by atoms with Crippen molar-refractivity contribution in [2.24, 2.45) is 0 Å². The number of hydrogen-bond donors (Lipinski definition) is 1. The number of aromatic amines is 1. The van der Waals surface area contributed by atoms with Crippen molar-refractivity contribution in [1.82, 2.24) is 19.7 Å². The van der Waals surface area contributed by atoms with Crippen molar-refractivity contribution in [2.45, 2.75) is 25.2 Å². The second-order valence-corrected chi connectivity index (χ2v) is 6.93. The maximum atomic E-state index is 12.3. The number of piperidine rings is 1. The Kier molecular flexibility index (Phi) is 4.97. The fourth-order valence-corrected chi connectivity index (χ4v) is 3.81. The van der Waals surface area contributed by atoms with Crippen LogP contribution in [0.3, 0.4) is 0 Å². The van der Waals surface area contributed by atoms with Gasteiger partial charge in [0, 0.05) is 19.0 Å². The van der Waals surface area contributed by atoms with Crippen molar-refractivity contribution >= 4 is 0 Å². The van der Waals surface area contributed by atoms with Crippen LogP contribution < -0.4 is 5.69 Å². The summed E-state index contributed by atoms with van der Waals surface area (Å²) in [5.41, 5.74) is 2.09. The van der Waals surface area contributed by atoms with Crippen LogP contribution in [0.4, 0.5) is 0 Å². The van der Waals surface area contributed by atoms with Crippen LogP contribution in [0.5, 0.6) is 0 Å². The van der Waals surface area contributed by atoms with E-state index in [2.05, 4.69) is 45.4 Å². The smallest absolute Gasteiger partial charge is 0.302 e. The van der Waals surface area contributed by atoms with Gasteiger partial charge in [0.1, 0.15) is 5.82 Å². The van der Waals surface area contributed by atoms with Crippen LogP contribution in [0.1, 0.15) is 30.1 Å². The van der Waals surface area contributed by atoms with Gasteiger partial charge in [-0.2, -0.15) is 5.10 Å². The van der Waals surface area contributed by atoms with Gasteiger partial charge in [-0.1, -0.05) is 48.5 Å². The van der Waals surface area contributed by atoms with Crippen LogP contribution in [0.2, 0.25) is 0 Å². The third-order valence-corrected chi connectivity index (χ3v) is 5.14. The summed E-state index contributed by atoms with van der Waals surface area (Å²) in [6.45, 7) is 3.10. The largest absolute Gasteiger partial charge is 0.347 e. The van der Waals surface area contributed by atoms with Gasteiger partial charge in [-0.05, 0) is 43.5 Å². The molecule has 0 unspecified atom stereocenters. The van der Waals surface area contributed by atoms with Gasteiger partial charge in [-0.15, -0.1) is 0 Å². The van der Waals surface area contributed by atoms with Crippen molar-refractivity contribution in [2.75, 3.05) is 19.6 Å². The number of H-pyrrole nitrogens is 1. The van der Waals surface area contributed by atoms with Crippen LogP contribution in [0.15, 0.2) is 65.5 Å². The van der Waals surface area contributed by atoms with Crippen LogP contribution in [-0.4, -0.2) is 39.3 Å². The number of nitrogens with zero attached hydrogens (tertiary/aromatic N) is 3. The van der Waals surface area contributed by atoms with E-state index in [1.165, 1.54) is 5.56 Å². The standard InChI is InChI=1S/C21H24N4O/c26-21-23-22-20(25(21)19-11-5-2-6-12-19)18-10-7-14-24(16-18)15-13-17-8-3-1-4-9-17/h1-6,8-9,11-12,18H,7,10,13-16H2,(H,23,26)/t18-/m1/s1. The van der Waals surface area contributed by atoms with Crippen LogP contribution >= 0.6 is 0 Å². The number of rotatable bonds is 5. The van der Waals surface area contributed by atoms with Gasteiger partial charge in [0.05, 0.1) is 5.69 Å².